The van der Waals surface area contributed by atoms with Crippen molar-refractivity contribution in [2.45, 2.75) is 0 Å². The standard InChI is InChI=1S/C19H20O5/c1-21-15-8-6-9-16(22-2)18(15)14(20)12-11-13-7-5-10-17(23-3)19(13)24-4/h5-12H,1-4H3/b12-11+. The first-order valence-electron chi connectivity index (χ1n) is 7.30. The lowest BCUT2D eigenvalue weighted by molar-refractivity contribution is 0.104. The van der Waals surface area contributed by atoms with Crippen LogP contribution in [0.3, 0.4) is 0 Å². The summed E-state index contributed by atoms with van der Waals surface area (Å²) >= 11 is 0. The van der Waals surface area contributed by atoms with Crippen LogP contribution < -0.4 is 18.9 Å². The molecule has 0 aliphatic carbocycles. The highest BCUT2D eigenvalue weighted by Crippen LogP contribution is 2.32. The Balaban J connectivity index is 2.39. The van der Waals surface area contributed by atoms with Crippen LogP contribution in [0, 0.1) is 0 Å². The van der Waals surface area contributed by atoms with Crippen LogP contribution in [0.1, 0.15) is 15.9 Å². The molecule has 0 saturated carbocycles. The fourth-order valence-corrected chi connectivity index (χ4v) is 2.39. The average molecular weight is 328 g/mol. The van der Waals surface area contributed by atoms with Crippen LogP contribution in [-0.2, 0) is 0 Å². The van der Waals surface area contributed by atoms with E-state index < -0.39 is 0 Å². The summed E-state index contributed by atoms with van der Waals surface area (Å²) in [5, 5.41) is 0. The quantitative estimate of drug-likeness (QED) is 0.574. The van der Waals surface area contributed by atoms with Crippen molar-refractivity contribution >= 4 is 11.9 Å². The fourth-order valence-electron chi connectivity index (χ4n) is 2.39. The Morgan fingerprint density at radius 1 is 0.792 bits per heavy atom. The molecule has 0 atom stereocenters. The van der Waals surface area contributed by atoms with E-state index in [0.717, 1.165) is 5.56 Å². The summed E-state index contributed by atoms with van der Waals surface area (Å²) in [7, 11) is 6.15. The van der Waals surface area contributed by atoms with Crippen LogP contribution in [-0.4, -0.2) is 34.2 Å². The summed E-state index contributed by atoms with van der Waals surface area (Å²) in [6, 6.07) is 10.7. The third-order valence-corrected chi connectivity index (χ3v) is 3.52. The van der Waals surface area contributed by atoms with Crippen LogP contribution in [0.15, 0.2) is 42.5 Å². The predicted octanol–water partition coefficient (Wildman–Crippen LogP) is 3.62. The van der Waals surface area contributed by atoms with Gasteiger partial charge in [-0.2, -0.15) is 0 Å². The summed E-state index contributed by atoms with van der Waals surface area (Å²) in [5.41, 5.74) is 1.11. The molecule has 0 saturated heterocycles. The van der Waals surface area contributed by atoms with Crippen LogP contribution in [0.5, 0.6) is 23.0 Å². The minimum atomic E-state index is -0.228. The Morgan fingerprint density at radius 3 is 1.88 bits per heavy atom. The Labute approximate surface area is 141 Å². The normalized spacial score (nSPS) is 10.5. The first-order chi connectivity index (χ1) is 11.7. The summed E-state index contributed by atoms with van der Waals surface area (Å²) < 4.78 is 21.1. The summed E-state index contributed by atoms with van der Waals surface area (Å²) in [6.07, 6.45) is 3.13. The Bertz CT molecular complexity index is 727. The minimum absolute atomic E-state index is 0.228. The van der Waals surface area contributed by atoms with Crippen molar-refractivity contribution in [3.05, 3.63) is 53.6 Å². The zero-order valence-corrected chi connectivity index (χ0v) is 14.2. The first-order valence-corrected chi connectivity index (χ1v) is 7.30. The molecule has 5 heteroatoms. The molecule has 0 N–H and O–H groups in total. The average Bonchev–Trinajstić information content (AvgIpc) is 2.64. The van der Waals surface area contributed by atoms with Crippen LogP contribution in [0.4, 0.5) is 0 Å². The molecule has 2 aromatic rings. The van der Waals surface area contributed by atoms with Gasteiger partial charge in [-0.1, -0.05) is 18.2 Å². The predicted molar refractivity (Wildman–Crippen MR) is 92.5 cm³/mol. The van der Waals surface area contributed by atoms with Gasteiger partial charge in [0.25, 0.3) is 0 Å². The number of benzene rings is 2. The largest absolute Gasteiger partial charge is 0.496 e. The van der Waals surface area contributed by atoms with E-state index in [1.165, 1.54) is 20.3 Å². The number of allylic oxidation sites excluding steroid dienone is 1. The van der Waals surface area contributed by atoms with Gasteiger partial charge in [0.05, 0.1) is 28.4 Å². The number of carbonyl (C=O) groups is 1. The molecule has 0 radical (unpaired) electrons. The van der Waals surface area contributed by atoms with Gasteiger partial charge in [-0.25, -0.2) is 0 Å². The number of ether oxygens (including phenoxy) is 4. The van der Waals surface area contributed by atoms with Gasteiger partial charge in [-0.3, -0.25) is 4.79 Å². The van der Waals surface area contributed by atoms with Crippen LogP contribution in [0.25, 0.3) is 6.08 Å². The lowest BCUT2D eigenvalue weighted by atomic mass is 10.1. The maximum Gasteiger partial charge on any atom is 0.193 e. The monoisotopic (exact) mass is 328 g/mol. The lowest BCUT2D eigenvalue weighted by Crippen LogP contribution is -2.02. The van der Waals surface area contributed by atoms with Crippen LogP contribution >= 0.6 is 0 Å². The molecule has 0 amide bonds. The highest BCUT2D eigenvalue weighted by atomic mass is 16.5. The summed E-state index contributed by atoms with van der Waals surface area (Å²) in [5.74, 6) is 1.86. The van der Waals surface area contributed by atoms with E-state index in [4.69, 9.17) is 18.9 Å². The Hall–Kier alpha value is -2.95. The maximum atomic E-state index is 12.6. The molecule has 5 nitrogen and oxygen atoms in total. The number of methoxy groups -OCH3 is 4. The summed E-state index contributed by atoms with van der Waals surface area (Å²) in [6.45, 7) is 0. The van der Waals surface area contributed by atoms with Crippen molar-refractivity contribution in [3.8, 4) is 23.0 Å². The van der Waals surface area contributed by atoms with E-state index in [0.29, 0.717) is 28.6 Å². The van der Waals surface area contributed by atoms with Crippen molar-refractivity contribution in [2.75, 3.05) is 28.4 Å². The number of rotatable bonds is 7. The maximum absolute atomic E-state index is 12.6. The molecule has 0 spiro atoms. The Kier molecular flexibility index (Phi) is 5.84. The molecule has 0 aliphatic rings. The molecule has 2 aromatic carbocycles. The molecule has 0 bridgehead atoms. The van der Waals surface area contributed by atoms with Gasteiger partial charge in [0.1, 0.15) is 17.1 Å². The highest BCUT2D eigenvalue weighted by Gasteiger charge is 2.16. The highest BCUT2D eigenvalue weighted by molar-refractivity contribution is 6.10. The van der Waals surface area contributed by atoms with Gasteiger partial charge in [0.2, 0.25) is 0 Å². The fraction of sp³-hybridized carbons (Fsp3) is 0.211. The zero-order valence-electron chi connectivity index (χ0n) is 14.2. The van der Waals surface area contributed by atoms with Crippen LogP contribution in [0.2, 0.25) is 0 Å². The third-order valence-electron chi connectivity index (χ3n) is 3.52. The van der Waals surface area contributed by atoms with Gasteiger partial charge in [0.15, 0.2) is 17.3 Å². The molecule has 2 rings (SSSR count). The van der Waals surface area contributed by atoms with Crippen molar-refractivity contribution < 1.29 is 23.7 Å². The SMILES string of the molecule is COc1cccc(/C=C/C(=O)c2c(OC)cccc2OC)c1OC. The van der Waals surface area contributed by atoms with E-state index in [1.807, 2.05) is 12.1 Å². The molecule has 126 valence electrons. The number of carbonyl (C=O) groups excluding carboxylic acids is 1. The molecule has 0 heterocycles. The molecular weight excluding hydrogens is 308 g/mol. The molecule has 0 aliphatic heterocycles. The molecule has 0 aromatic heterocycles. The van der Waals surface area contributed by atoms with E-state index in [2.05, 4.69) is 0 Å². The topological polar surface area (TPSA) is 54.0 Å². The number of ketones is 1. The second-order valence-electron chi connectivity index (χ2n) is 4.82. The Morgan fingerprint density at radius 2 is 1.33 bits per heavy atom. The molecule has 24 heavy (non-hydrogen) atoms. The minimum Gasteiger partial charge on any atom is -0.496 e. The van der Waals surface area contributed by atoms with E-state index in [9.17, 15) is 4.79 Å². The molecule has 0 unspecified atom stereocenters. The van der Waals surface area contributed by atoms with Gasteiger partial charge < -0.3 is 18.9 Å². The molecule has 0 fully saturated rings. The zero-order chi connectivity index (χ0) is 17.5. The smallest absolute Gasteiger partial charge is 0.193 e. The summed E-state index contributed by atoms with van der Waals surface area (Å²) in [4.78, 5) is 12.6. The second kappa shape index (κ2) is 8.06. The number of hydrogen-bond donors (Lipinski definition) is 0. The van der Waals surface area contributed by atoms with Gasteiger partial charge in [-0.05, 0) is 30.4 Å². The van der Waals surface area contributed by atoms with Crippen molar-refractivity contribution in [1.29, 1.82) is 0 Å². The van der Waals surface area contributed by atoms with Crippen molar-refractivity contribution in [2.24, 2.45) is 0 Å². The van der Waals surface area contributed by atoms with Crippen molar-refractivity contribution in [1.82, 2.24) is 0 Å². The number of para-hydroxylation sites is 1. The van der Waals surface area contributed by atoms with Gasteiger partial charge in [0, 0.05) is 5.56 Å². The van der Waals surface area contributed by atoms with Gasteiger partial charge >= 0.3 is 0 Å². The van der Waals surface area contributed by atoms with E-state index in [1.54, 1.807) is 44.6 Å². The van der Waals surface area contributed by atoms with E-state index >= 15 is 0 Å². The number of hydrogen-bond acceptors (Lipinski definition) is 5. The van der Waals surface area contributed by atoms with E-state index in [-0.39, 0.29) is 5.78 Å². The third kappa shape index (κ3) is 3.51. The molecular formula is C19H20O5. The van der Waals surface area contributed by atoms with Crippen molar-refractivity contribution in [3.63, 3.8) is 0 Å². The lowest BCUT2D eigenvalue weighted by Gasteiger charge is -2.11. The first kappa shape index (κ1) is 17.4. The van der Waals surface area contributed by atoms with Gasteiger partial charge in [-0.15, -0.1) is 0 Å². The second-order valence-corrected chi connectivity index (χ2v) is 4.82.